The van der Waals surface area contributed by atoms with E-state index in [1.807, 2.05) is 39.0 Å². The van der Waals surface area contributed by atoms with Crippen molar-refractivity contribution in [1.29, 1.82) is 0 Å². The van der Waals surface area contributed by atoms with Crippen LogP contribution in [-0.4, -0.2) is 20.4 Å². The van der Waals surface area contributed by atoms with E-state index < -0.39 is 0 Å². The summed E-state index contributed by atoms with van der Waals surface area (Å²) in [7, 11) is 0. The van der Waals surface area contributed by atoms with Crippen molar-refractivity contribution in [3.8, 4) is 0 Å². The lowest BCUT2D eigenvalue weighted by Crippen LogP contribution is -2.34. The van der Waals surface area contributed by atoms with Crippen molar-refractivity contribution in [3.05, 3.63) is 69.6 Å². The van der Waals surface area contributed by atoms with Crippen LogP contribution in [0.2, 0.25) is 0 Å². The van der Waals surface area contributed by atoms with Crippen molar-refractivity contribution in [2.75, 3.05) is 5.43 Å². The van der Waals surface area contributed by atoms with Crippen LogP contribution in [-0.2, 0) is 6.54 Å². The molecule has 0 saturated carbocycles. The monoisotopic (exact) mass is 375 g/mol. The Morgan fingerprint density at radius 3 is 2.71 bits per heavy atom. The Morgan fingerprint density at radius 2 is 1.93 bits per heavy atom. The van der Waals surface area contributed by atoms with Gasteiger partial charge in [0.05, 0.1) is 10.9 Å². The van der Waals surface area contributed by atoms with Crippen molar-refractivity contribution >= 4 is 33.7 Å². The van der Waals surface area contributed by atoms with E-state index in [1.165, 1.54) is 4.57 Å². The molecule has 4 rings (SSSR count). The van der Waals surface area contributed by atoms with E-state index in [0.717, 1.165) is 22.0 Å². The Bertz CT molecular complexity index is 1270. The maximum atomic E-state index is 12.6. The molecule has 0 aliphatic heterocycles. The number of nitrogens with one attached hydrogen (secondary N) is 3. The summed E-state index contributed by atoms with van der Waals surface area (Å²) in [5, 5.41) is 1.55. The van der Waals surface area contributed by atoms with E-state index in [2.05, 4.69) is 26.9 Å². The maximum absolute atomic E-state index is 12.6. The lowest BCUT2D eigenvalue weighted by Gasteiger charge is -2.13. The van der Waals surface area contributed by atoms with Gasteiger partial charge >= 0.3 is 0 Å². The molecule has 7 nitrogen and oxygen atoms in total. The lowest BCUT2D eigenvalue weighted by atomic mass is 10.1. The molecule has 7 heteroatoms. The molecule has 0 bridgehead atoms. The number of anilines is 1. The number of hydrogen-bond donors (Lipinski definition) is 3. The van der Waals surface area contributed by atoms with Crippen LogP contribution < -0.4 is 16.4 Å². The fourth-order valence-electron chi connectivity index (χ4n) is 3.46. The van der Waals surface area contributed by atoms with Gasteiger partial charge < -0.3 is 4.98 Å². The van der Waals surface area contributed by atoms with Crippen LogP contribution in [0, 0.1) is 13.8 Å². The van der Waals surface area contributed by atoms with E-state index >= 15 is 0 Å². The Kier molecular flexibility index (Phi) is 4.35. The third-order valence-electron chi connectivity index (χ3n) is 4.80. The Balaban J connectivity index is 1.63. The fourth-order valence-corrected chi connectivity index (χ4v) is 3.46. The number of aromatic nitrogens is 3. The molecule has 2 heterocycles. The molecule has 0 unspecified atom stereocenters. The van der Waals surface area contributed by atoms with E-state index in [-0.39, 0.29) is 11.5 Å². The van der Waals surface area contributed by atoms with Gasteiger partial charge in [-0.15, -0.1) is 0 Å². The van der Waals surface area contributed by atoms with Crippen molar-refractivity contribution < 1.29 is 4.79 Å². The molecule has 1 amide bonds. The van der Waals surface area contributed by atoms with E-state index in [0.29, 0.717) is 29.1 Å². The smallest absolute Gasteiger partial charge is 0.286 e. The molecule has 0 saturated heterocycles. The van der Waals surface area contributed by atoms with Crippen LogP contribution in [0.15, 0.2) is 47.3 Å². The minimum Gasteiger partial charge on any atom is -0.350 e. The van der Waals surface area contributed by atoms with Gasteiger partial charge in [-0.2, -0.15) is 0 Å². The number of hydrazine groups is 1. The number of aryl methyl sites for hydroxylation is 2. The number of para-hydroxylation sites is 1. The summed E-state index contributed by atoms with van der Waals surface area (Å²) >= 11 is 0. The molecule has 0 aliphatic rings. The molecule has 2 aromatic carbocycles. The molecule has 4 aromatic rings. The van der Waals surface area contributed by atoms with Gasteiger partial charge in [0, 0.05) is 17.4 Å². The third-order valence-corrected chi connectivity index (χ3v) is 4.80. The number of fused-ring (bicyclic) bond motifs is 2. The van der Waals surface area contributed by atoms with Crippen LogP contribution >= 0.6 is 0 Å². The molecule has 0 aliphatic carbocycles. The second-order valence-electron chi connectivity index (χ2n) is 6.81. The van der Waals surface area contributed by atoms with Gasteiger partial charge in [0.25, 0.3) is 11.5 Å². The first kappa shape index (κ1) is 17.8. The van der Waals surface area contributed by atoms with Gasteiger partial charge in [-0.3, -0.25) is 25.0 Å². The molecule has 0 atom stereocenters. The second kappa shape index (κ2) is 6.84. The van der Waals surface area contributed by atoms with Gasteiger partial charge in [-0.25, -0.2) is 4.98 Å². The first-order valence-electron chi connectivity index (χ1n) is 9.14. The Labute approximate surface area is 161 Å². The summed E-state index contributed by atoms with van der Waals surface area (Å²) in [6.45, 7) is 6.32. The topological polar surface area (TPSA) is 91.8 Å². The minimum absolute atomic E-state index is 0.151. The highest BCUT2D eigenvalue weighted by Crippen LogP contribution is 2.21. The normalized spacial score (nSPS) is 11.1. The largest absolute Gasteiger partial charge is 0.350 e. The van der Waals surface area contributed by atoms with Gasteiger partial charge in [-0.05, 0) is 56.2 Å². The van der Waals surface area contributed by atoms with Crippen molar-refractivity contribution in [1.82, 2.24) is 20.0 Å². The summed E-state index contributed by atoms with van der Waals surface area (Å²) in [6.07, 6.45) is 0. The number of carbonyl (C=O) groups is 1. The average molecular weight is 375 g/mol. The molecule has 142 valence electrons. The van der Waals surface area contributed by atoms with Gasteiger partial charge in [-0.1, -0.05) is 18.2 Å². The number of aromatic amines is 1. The summed E-state index contributed by atoms with van der Waals surface area (Å²) < 4.78 is 1.49. The quantitative estimate of drug-likeness (QED) is 0.477. The first-order valence-corrected chi connectivity index (χ1v) is 9.14. The minimum atomic E-state index is -0.335. The summed E-state index contributed by atoms with van der Waals surface area (Å²) in [6, 6.07) is 13.0. The Hall–Kier alpha value is -3.61. The van der Waals surface area contributed by atoms with Crippen LogP contribution in [0.4, 0.5) is 5.95 Å². The maximum Gasteiger partial charge on any atom is 0.286 e. The molecule has 3 N–H and O–H groups in total. The summed E-state index contributed by atoms with van der Waals surface area (Å²) in [4.78, 5) is 32.9. The predicted octanol–water partition coefficient (Wildman–Crippen LogP) is 3.27. The van der Waals surface area contributed by atoms with Gasteiger partial charge in [0.2, 0.25) is 5.95 Å². The number of rotatable bonds is 4. The highest BCUT2D eigenvalue weighted by molar-refractivity contribution is 5.99. The lowest BCUT2D eigenvalue weighted by molar-refractivity contribution is 0.0958. The number of nitrogens with zero attached hydrogens (tertiary/aromatic N) is 2. The van der Waals surface area contributed by atoms with E-state index in [4.69, 9.17) is 0 Å². The Morgan fingerprint density at radius 1 is 1.14 bits per heavy atom. The number of carbonyl (C=O) groups excluding carboxylic acids is 1. The SMILES string of the molecule is CCn1c(NNC(=O)c2cc3c(C)cc(C)cc3[nH]2)nc2ccccc2c1=O. The van der Waals surface area contributed by atoms with Crippen molar-refractivity contribution in [2.24, 2.45) is 0 Å². The fraction of sp³-hybridized carbons (Fsp3) is 0.190. The van der Waals surface area contributed by atoms with E-state index in [9.17, 15) is 9.59 Å². The molecule has 0 spiro atoms. The van der Waals surface area contributed by atoms with Crippen LogP contribution in [0.25, 0.3) is 21.8 Å². The zero-order chi connectivity index (χ0) is 19.8. The predicted molar refractivity (Wildman–Crippen MR) is 111 cm³/mol. The molecule has 2 aromatic heterocycles. The summed E-state index contributed by atoms with van der Waals surface area (Å²) in [5.41, 5.74) is 9.44. The van der Waals surface area contributed by atoms with Gasteiger partial charge in [0.15, 0.2) is 0 Å². The summed E-state index contributed by atoms with van der Waals surface area (Å²) in [5.74, 6) is -0.0407. The first-order chi connectivity index (χ1) is 13.5. The standard InChI is InChI=1S/C21H21N5O2/c1-4-26-20(28)14-7-5-6-8-16(14)23-21(26)25-24-19(27)18-11-15-13(3)9-12(2)10-17(15)22-18/h5-11,22H,4H2,1-3H3,(H,23,25)(H,24,27). The number of hydrogen-bond acceptors (Lipinski definition) is 4. The highest BCUT2D eigenvalue weighted by Gasteiger charge is 2.13. The van der Waals surface area contributed by atoms with Crippen molar-refractivity contribution in [2.45, 2.75) is 27.3 Å². The van der Waals surface area contributed by atoms with E-state index in [1.54, 1.807) is 18.2 Å². The number of amides is 1. The number of H-pyrrole nitrogens is 1. The molecule has 0 fully saturated rings. The average Bonchev–Trinajstić information content (AvgIpc) is 3.11. The third kappa shape index (κ3) is 3.00. The van der Waals surface area contributed by atoms with Crippen LogP contribution in [0.3, 0.4) is 0 Å². The van der Waals surface area contributed by atoms with Crippen LogP contribution in [0.5, 0.6) is 0 Å². The highest BCUT2D eigenvalue weighted by atomic mass is 16.2. The zero-order valence-corrected chi connectivity index (χ0v) is 16.0. The van der Waals surface area contributed by atoms with Gasteiger partial charge in [0.1, 0.15) is 5.69 Å². The van der Waals surface area contributed by atoms with Crippen molar-refractivity contribution in [3.63, 3.8) is 0 Å². The van der Waals surface area contributed by atoms with Crippen LogP contribution in [0.1, 0.15) is 28.5 Å². The zero-order valence-electron chi connectivity index (χ0n) is 16.0. The second-order valence-corrected chi connectivity index (χ2v) is 6.81. The number of benzene rings is 2. The molecule has 28 heavy (non-hydrogen) atoms. The molecular formula is C21H21N5O2. The molecular weight excluding hydrogens is 354 g/mol. The molecule has 0 radical (unpaired) electrons.